The second-order valence-corrected chi connectivity index (χ2v) is 5.11. The number of amides is 1. The fourth-order valence-corrected chi connectivity index (χ4v) is 1.80. The molecular formula is C14H21N3O2. The normalized spacial score (nSPS) is 14.3. The first-order chi connectivity index (χ1) is 9.08. The molecule has 1 fully saturated rings. The maximum Gasteiger partial charge on any atom is 0.241 e. The van der Waals surface area contributed by atoms with Crippen LogP contribution in [0.3, 0.4) is 0 Å². The van der Waals surface area contributed by atoms with Crippen LogP contribution in [0.2, 0.25) is 0 Å². The molecule has 0 aromatic carbocycles. The standard InChI is InChI=1S/C14H21N3O2/c1-10(2)19-14-12(5-4-8-15-14)16-9-13(18)17(3)11-6-7-11/h4-5,8,10-11,16H,6-7,9H2,1-3H3. The van der Waals surface area contributed by atoms with Gasteiger partial charge >= 0.3 is 0 Å². The fourth-order valence-electron chi connectivity index (χ4n) is 1.80. The van der Waals surface area contributed by atoms with Gasteiger partial charge in [-0.25, -0.2) is 4.98 Å². The Balaban J connectivity index is 1.92. The number of ether oxygens (including phenoxy) is 1. The molecule has 0 radical (unpaired) electrons. The van der Waals surface area contributed by atoms with Crippen molar-refractivity contribution in [2.24, 2.45) is 0 Å². The number of likely N-dealkylation sites (N-methyl/N-ethyl adjacent to an activating group) is 1. The van der Waals surface area contributed by atoms with E-state index in [9.17, 15) is 4.79 Å². The van der Waals surface area contributed by atoms with Gasteiger partial charge in [0, 0.05) is 19.3 Å². The average Bonchev–Trinajstić information content (AvgIpc) is 3.20. The summed E-state index contributed by atoms with van der Waals surface area (Å²) in [7, 11) is 1.86. The molecule has 104 valence electrons. The molecule has 1 heterocycles. The van der Waals surface area contributed by atoms with Crippen molar-refractivity contribution in [1.82, 2.24) is 9.88 Å². The Morgan fingerprint density at radius 2 is 2.32 bits per heavy atom. The Morgan fingerprint density at radius 3 is 2.95 bits per heavy atom. The van der Waals surface area contributed by atoms with Crippen molar-refractivity contribution in [3.63, 3.8) is 0 Å². The maximum atomic E-state index is 11.9. The van der Waals surface area contributed by atoms with Gasteiger partial charge in [-0.3, -0.25) is 4.79 Å². The first-order valence-electron chi connectivity index (χ1n) is 6.69. The smallest absolute Gasteiger partial charge is 0.241 e. The summed E-state index contributed by atoms with van der Waals surface area (Å²) >= 11 is 0. The van der Waals surface area contributed by atoms with Crippen LogP contribution in [-0.4, -0.2) is 41.5 Å². The van der Waals surface area contributed by atoms with E-state index in [-0.39, 0.29) is 18.6 Å². The molecule has 0 aliphatic heterocycles. The van der Waals surface area contributed by atoms with Crippen LogP contribution in [0.25, 0.3) is 0 Å². The van der Waals surface area contributed by atoms with E-state index < -0.39 is 0 Å². The summed E-state index contributed by atoms with van der Waals surface area (Å²) in [5.74, 6) is 0.640. The molecule has 0 atom stereocenters. The molecule has 0 unspecified atom stereocenters. The molecule has 1 aromatic heterocycles. The van der Waals surface area contributed by atoms with Crippen molar-refractivity contribution in [1.29, 1.82) is 0 Å². The first kappa shape index (κ1) is 13.6. The molecule has 19 heavy (non-hydrogen) atoms. The number of aromatic nitrogens is 1. The van der Waals surface area contributed by atoms with Crippen LogP contribution >= 0.6 is 0 Å². The number of anilines is 1. The van der Waals surface area contributed by atoms with E-state index in [4.69, 9.17) is 4.74 Å². The fraction of sp³-hybridized carbons (Fsp3) is 0.571. The second-order valence-electron chi connectivity index (χ2n) is 5.11. The second kappa shape index (κ2) is 5.91. The molecule has 0 saturated heterocycles. The van der Waals surface area contributed by atoms with E-state index in [1.54, 1.807) is 6.20 Å². The quantitative estimate of drug-likeness (QED) is 0.851. The van der Waals surface area contributed by atoms with Crippen LogP contribution in [-0.2, 0) is 4.79 Å². The van der Waals surface area contributed by atoms with E-state index >= 15 is 0 Å². The number of hydrogen-bond acceptors (Lipinski definition) is 4. The lowest BCUT2D eigenvalue weighted by molar-refractivity contribution is -0.128. The van der Waals surface area contributed by atoms with Crippen LogP contribution in [0.1, 0.15) is 26.7 Å². The molecule has 1 aliphatic rings. The summed E-state index contributed by atoms with van der Waals surface area (Å²) in [5, 5.41) is 3.10. The molecule has 1 saturated carbocycles. The molecule has 5 nitrogen and oxygen atoms in total. The maximum absolute atomic E-state index is 11.9. The van der Waals surface area contributed by atoms with Crippen molar-refractivity contribution >= 4 is 11.6 Å². The van der Waals surface area contributed by atoms with Crippen LogP contribution in [0.5, 0.6) is 5.88 Å². The van der Waals surface area contributed by atoms with Gasteiger partial charge in [0.1, 0.15) is 0 Å². The summed E-state index contributed by atoms with van der Waals surface area (Å²) in [4.78, 5) is 17.9. The molecule has 1 N–H and O–H groups in total. The highest BCUT2D eigenvalue weighted by molar-refractivity contribution is 5.81. The molecule has 1 aromatic rings. The number of nitrogens with one attached hydrogen (secondary N) is 1. The Kier molecular flexibility index (Phi) is 4.24. The van der Waals surface area contributed by atoms with Crippen molar-refractivity contribution in [2.45, 2.75) is 38.8 Å². The monoisotopic (exact) mass is 263 g/mol. The Labute approximate surface area is 114 Å². The zero-order valence-corrected chi connectivity index (χ0v) is 11.7. The van der Waals surface area contributed by atoms with Crippen LogP contribution < -0.4 is 10.1 Å². The molecule has 0 spiro atoms. The van der Waals surface area contributed by atoms with Crippen LogP contribution in [0.15, 0.2) is 18.3 Å². The van der Waals surface area contributed by atoms with Gasteiger partial charge in [0.15, 0.2) is 0 Å². The summed E-state index contributed by atoms with van der Waals surface area (Å²) in [6.07, 6.45) is 3.98. The highest BCUT2D eigenvalue weighted by Crippen LogP contribution is 2.26. The minimum absolute atomic E-state index is 0.0558. The van der Waals surface area contributed by atoms with Gasteiger partial charge in [0.2, 0.25) is 11.8 Å². The molecule has 5 heteroatoms. The molecule has 1 amide bonds. The SMILES string of the molecule is CC(C)Oc1ncccc1NCC(=O)N(C)C1CC1. The van der Waals surface area contributed by atoms with Crippen molar-refractivity contribution in [3.8, 4) is 5.88 Å². The topological polar surface area (TPSA) is 54.5 Å². The van der Waals surface area contributed by atoms with Crippen molar-refractivity contribution in [3.05, 3.63) is 18.3 Å². The van der Waals surface area contributed by atoms with Gasteiger partial charge in [0.05, 0.1) is 18.3 Å². The zero-order valence-electron chi connectivity index (χ0n) is 11.7. The summed E-state index contributed by atoms with van der Waals surface area (Å²) < 4.78 is 5.60. The highest BCUT2D eigenvalue weighted by Gasteiger charge is 2.29. The number of rotatable bonds is 6. The van der Waals surface area contributed by atoms with Gasteiger partial charge in [-0.05, 0) is 38.8 Å². The third kappa shape index (κ3) is 3.84. The zero-order chi connectivity index (χ0) is 13.8. The van der Waals surface area contributed by atoms with E-state index in [1.165, 1.54) is 0 Å². The number of pyridine rings is 1. The van der Waals surface area contributed by atoms with E-state index in [2.05, 4.69) is 10.3 Å². The third-order valence-corrected chi connectivity index (χ3v) is 3.04. The van der Waals surface area contributed by atoms with Gasteiger partial charge in [-0.2, -0.15) is 0 Å². The predicted molar refractivity (Wildman–Crippen MR) is 74.3 cm³/mol. The van der Waals surface area contributed by atoms with Gasteiger partial charge in [0.25, 0.3) is 0 Å². The molecular weight excluding hydrogens is 242 g/mol. The van der Waals surface area contributed by atoms with E-state index in [0.29, 0.717) is 11.9 Å². The van der Waals surface area contributed by atoms with Gasteiger partial charge in [-0.1, -0.05) is 0 Å². The third-order valence-electron chi connectivity index (χ3n) is 3.04. The Bertz CT molecular complexity index is 444. The number of carbonyl (C=O) groups is 1. The summed E-state index contributed by atoms with van der Waals surface area (Å²) in [6.45, 7) is 4.17. The Hall–Kier alpha value is -1.78. The highest BCUT2D eigenvalue weighted by atomic mass is 16.5. The predicted octanol–water partition coefficient (Wildman–Crippen LogP) is 1.90. The Morgan fingerprint density at radius 1 is 1.58 bits per heavy atom. The number of hydrogen-bond donors (Lipinski definition) is 1. The first-order valence-corrected chi connectivity index (χ1v) is 6.69. The lowest BCUT2D eigenvalue weighted by Crippen LogP contribution is -2.33. The number of nitrogens with zero attached hydrogens (tertiary/aromatic N) is 2. The van der Waals surface area contributed by atoms with Crippen molar-refractivity contribution in [2.75, 3.05) is 18.9 Å². The van der Waals surface area contributed by atoms with Crippen LogP contribution in [0.4, 0.5) is 5.69 Å². The lowest BCUT2D eigenvalue weighted by Gasteiger charge is -2.18. The lowest BCUT2D eigenvalue weighted by atomic mass is 10.3. The summed E-state index contributed by atoms with van der Waals surface area (Å²) in [5.41, 5.74) is 0.758. The van der Waals surface area contributed by atoms with E-state index in [0.717, 1.165) is 18.5 Å². The summed E-state index contributed by atoms with van der Waals surface area (Å²) in [6, 6.07) is 4.13. The molecule has 2 rings (SSSR count). The minimum Gasteiger partial charge on any atom is -0.473 e. The number of carbonyl (C=O) groups excluding carboxylic acids is 1. The van der Waals surface area contributed by atoms with E-state index in [1.807, 2.05) is 37.9 Å². The largest absolute Gasteiger partial charge is 0.473 e. The van der Waals surface area contributed by atoms with Gasteiger partial charge < -0.3 is 15.0 Å². The van der Waals surface area contributed by atoms with Crippen molar-refractivity contribution < 1.29 is 9.53 Å². The molecule has 1 aliphatic carbocycles. The molecule has 0 bridgehead atoms. The average molecular weight is 263 g/mol. The van der Waals surface area contributed by atoms with Crippen LogP contribution in [0, 0.1) is 0 Å². The minimum atomic E-state index is 0.0558. The van der Waals surface area contributed by atoms with Gasteiger partial charge in [-0.15, -0.1) is 0 Å².